The molecule has 0 saturated heterocycles. The first-order chi connectivity index (χ1) is 8.85. The summed E-state index contributed by atoms with van der Waals surface area (Å²) in [6.07, 6.45) is 19.8. The molecule has 1 unspecified atom stereocenters. The molecule has 0 aliphatic rings. The molecule has 18 heavy (non-hydrogen) atoms. The van der Waals surface area contributed by atoms with Crippen LogP contribution < -0.4 is 0 Å². The largest absolute Gasteiger partial charge is 0.0654 e. The molecule has 0 aromatic rings. The lowest BCUT2D eigenvalue weighted by atomic mass is 9.93. The number of hydrogen-bond donors (Lipinski definition) is 0. The molecule has 0 saturated carbocycles. The normalized spacial score (nSPS) is 12.8. The van der Waals surface area contributed by atoms with Gasteiger partial charge in [-0.2, -0.15) is 0 Å². The van der Waals surface area contributed by atoms with Crippen LogP contribution in [0.4, 0.5) is 0 Å². The van der Waals surface area contributed by atoms with E-state index in [1.807, 2.05) is 0 Å². The van der Waals surface area contributed by atoms with Gasteiger partial charge in [0.1, 0.15) is 0 Å². The molecule has 109 valence electrons. The van der Waals surface area contributed by atoms with E-state index in [1.165, 1.54) is 83.5 Å². The Balaban J connectivity index is 3.17. The summed E-state index contributed by atoms with van der Waals surface area (Å²) in [5, 5.41) is 0. The molecular formula is C18H37. The molecule has 0 aliphatic heterocycles. The van der Waals surface area contributed by atoms with Crippen LogP contribution in [0.2, 0.25) is 0 Å². The molecule has 0 rings (SSSR count). The van der Waals surface area contributed by atoms with E-state index >= 15 is 0 Å². The maximum absolute atomic E-state index is 3.94. The van der Waals surface area contributed by atoms with Crippen molar-refractivity contribution in [1.29, 1.82) is 0 Å². The second-order valence-electron chi connectivity index (χ2n) is 5.89. The zero-order valence-electron chi connectivity index (χ0n) is 13.2. The Hall–Kier alpha value is 0. The van der Waals surface area contributed by atoms with E-state index in [0.717, 1.165) is 12.3 Å². The summed E-state index contributed by atoms with van der Waals surface area (Å²) in [6.45, 7) is 8.58. The van der Waals surface area contributed by atoms with Crippen molar-refractivity contribution in [2.24, 2.45) is 5.92 Å². The average molecular weight is 253 g/mol. The van der Waals surface area contributed by atoms with Gasteiger partial charge in [-0.3, -0.25) is 0 Å². The zero-order valence-corrected chi connectivity index (χ0v) is 13.2. The van der Waals surface area contributed by atoms with Crippen LogP contribution in [0.3, 0.4) is 0 Å². The van der Waals surface area contributed by atoms with Gasteiger partial charge in [-0.1, -0.05) is 111 Å². The van der Waals surface area contributed by atoms with Gasteiger partial charge in [0.05, 0.1) is 0 Å². The van der Waals surface area contributed by atoms with E-state index in [2.05, 4.69) is 20.8 Å². The van der Waals surface area contributed by atoms with Gasteiger partial charge in [0.15, 0.2) is 0 Å². The van der Waals surface area contributed by atoms with Crippen molar-refractivity contribution >= 4 is 0 Å². The summed E-state index contributed by atoms with van der Waals surface area (Å²) < 4.78 is 0. The Morgan fingerprint density at radius 3 is 1.67 bits per heavy atom. The van der Waals surface area contributed by atoms with Crippen molar-refractivity contribution in [1.82, 2.24) is 0 Å². The van der Waals surface area contributed by atoms with Gasteiger partial charge in [-0.05, 0) is 5.92 Å². The highest BCUT2D eigenvalue weighted by Gasteiger charge is 2.04. The minimum atomic E-state index is 0.983. The van der Waals surface area contributed by atoms with Gasteiger partial charge < -0.3 is 0 Å². The summed E-state index contributed by atoms with van der Waals surface area (Å²) in [5.74, 6) is 0.983. The van der Waals surface area contributed by atoms with E-state index in [-0.39, 0.29) is 0 Å². The maximum atomic E-state index is 3.94. The van der Waals surface area contributed by atoms with Gasteiger partial charge in [-0.15, -0.1) is 0 Å². The molecule has 0 nitrogen and oxygen atoms in total. The van der Waals surface area contributed by atoms with Crippen molar-refractivity contribution in [3.05, 3.63) is 6.92 Å². The predicted octanol–water partition coefficient (Wildman–Crippen LogP) is 6.94. The number of hydrogen-bond acceptors (Lipinski definition) is 0. The summed E-state index contributed by atoms with van der Waals surface area (Å²) in [4.78, 5) is 0. The average Bonchev–Trinajstić information content (AvgIpc) is 2.40. The lowest BCUT2D eigenvalue weighted by molar-refractivity contribution is 0.402. The Morgan fingerprint density at radius 2 is 1.17 bits per heavy atom. The molecule has 0 aliphatic carbocycles. The summed E-state index contributed by atoms with van der Waals surface area (Å²) >= 11 is 0. The van der Waals surface area contributed by atoms with E-state index in [1.54, 1.807) is 0 Å². The molecule has 1 radical (unpaired) electrons. The molecule has 0 fully saturated rings. The van der Waals surface area contributed by atoms with Crippen LogP contribution in [-0.2, 0) is 0 Å². The molecular weight excluding hydrogens is 216 g/mol. The summed E-state index contributed by atoms with van der Waals surface area (Å²) in [7, 11) is 0. The third-order valence-corrected chi connectivity index (χ3v) is 4.16. The highest BCUT2D eigenvalue weighted by Crippen LogP contribution is 2.20. The van der Waals surface area contributed by atoms with Crippen LogP contribution in [-0.4, -0.2) is 0 Å². The SMILES string of the molecule is [CH2]CCCC(CC)CCCCCCCCCCC. The fourth-order valence-corrected chi connectivity index (χ4v) is 2.73. The molecule has 0 heteroatoms. The van der Waals surface area contributed by atoms with E-state index in [9.17, 15) is 0 Å². The predicted molar refractivity (Wildman–Crippen MR) is 84.8 cm³/mol. The van der Waals surface area contributed by atoms with Crippen LogP contribution in [0, 0.1) is 12.8 Å². The Bertz CT molecular complexity index is 139. The first kappa shape index (κ1) is 18.0. The molecule has 0 heterocycles. The fraction of sp³-hybridized carbons (Fsp3) is 0.944. The van der Waals surface area contributed by atoms with Crippen LogP contribution in [0.15, 0.2) is 0 Å². The van der Waals surface area contributed by atoms with Gasteiger partial charge in [0.25, 0.3) is 0 Å². The Labute approximate surface area is 117 Å². The molecule has 0 amide bonds. The van der Waals surface area contributed by atoms with Crippen molar-refractivity contribution in [3.8, 4) is 0 Å². The lowest BCUT2D eigenvalue weighted by Crippen LogP contribution is -1.98. The first-order valence-electron chi connectivity index (χ1n) is 8.64. The molecule has 0 aromatic carbocycles. The highest BCUT2D eigenvalue weighted by atomic mass is 14.1. The maximum Gasteiger partial charge on any atom is -0.0417 e. The molecule has 1 atom stereocenters. The standard InChI is InChI=1S/C18H37/c1-4-7-9-10-11-12-13-14-15-17-18(6-3)16-8-5-2/h18H,2,4-17H2,1,3H3. The molecule has 0 bridgehead atoms. The van der Waals surface area contributed by atoms with E-state index in [4.69, 9.17) is 0 Å². The smallest absolute Gasteiger partial charge is 0.0417 e. The molecule has 0 spiro atoms. The van der Waals surface area contributed by atoms with Crippen molar-refractivity contribution in [2.45, 2.75) is 104 Å². The van der Waals surface area contributed by atoms with Gasteiger partial charge in [-0.25, -0.2) is 0 Å². The fourth-order valence-electron chi connectivity index (χ4n) is 2.73. The second kappa shape index (κ2) is 15.1. The highest BCUT2D eigenvalue weighted by molar-refractivity contribution is 4.59. The third kappa shape index (κ3) is 12.5. The van der Waals surface area contributed by atoms with Gasteiger partial charge >= 0.3 is 0 Å². The second-order valence-corrected chi connectivity index (χ2v) is 5.89. The van der Waals surface area contributed by atoms with Crippen LogP contribution >= 0.6 is 0 Å². The van der Waals surface area contributed by atoms with Crippen molar-refractivity contribution < 1.29 is 0 Å². The summed E-state index contributed by atoms with van der Waals surface area (Å²) in [6, 6.07) is 0. The topological polar surface area (TPSA) is 0 Å². The monoisotopic (exact) mass is 253 g/mol. The minimum absolute atomic E-state index is 0.983. The first-order valence-corrected chi connectivity index (χ1v) is 8.64. The van der Waals surface area contributed by atoms with Crippen LogP contribution in [0.25, 0.3) is 0 Å². The quantitative estimate of drug-likeness (QED) is 0.294. The molecule has 0 aromatic heterocycles. The Morgan fingerprint density at radius 1 is 0.667 bits per heavy atom. The zero-order chi connectivity index (χ0) is 13.5. The Kier molecular flexibility index (Phi) is 15.1. The van der Waals surface area contributed by atoms with Crippen LogP contribution in [0.5, 0.6) is 0 Å². The van der Waals surface area contributed by atoms with Gasteiger partial charge in [0.2, 0.25) is 0 Å². The third-order valence-electron chi connectivity index (χ3n) is 4.16. The van der Waals surface area contributed by atoms with Crippen molar-refractivity contribution in [2.75, 3.05) is 0 Å². The summed E-state index contributed by atoms with van der Waals surface area (Å²) in [5.41, 5.74) is 0. The van der Waals surface area contributed by atoms with Crippen molar-refractivity contribution in [3.63, 3.8) is 0 Å². The number of rotatable bonds is 14. The van der Waals surface area contributed by atoms with Gasteiger partial charge in [0, 0.05) is 0 Å². The minimum Gasteiger partial charge on any atom is -0.0654 e. The lowest BCUT2D eigenvalue weighted by Gasteiger charge is -2.13. The van der Waals surface area contributed by atoms with Crippen LogP contribution in [0.1, 0.15) is 104 Å². The number of unbranched alkanes of at least 4 members (excludes halogenated alkanes) is 9. The molecule has 0 N–H and O–H groups in total. The van der Waals surface area contributed by atoms with E-state index in [0.29, 0.717) is 0 Å². The van der Waals surface area contributed by atoms with E-state index < -0.39 is 0 Å².